The molecule has 2 saturated heterocycles. The van der Waals surface area contributed by atoms with Crippen LogP contribution in [0.5, 0.6) is 0 Å². The Morgan fingerprint density at radius 2 is 2.27 bits per heavy atom. The highest BCUT2D eigenvalue weighted by molar-refractivity contribution is 6.02. The van der Waals surface area contributed by atoms with Gasteiger partial charge in [-0.1, -0.05) is 6.92 Å². The number of hydrogen-bond acceptors (Lipinski definition) is 4. The van der Waals surface area contributed by atoms with Crippen LogP contribution >= 0.6 is 0 Å². The lowest BCUT2D eigenvalue weighted by Gasteiger charge is -2.31. The summed E-state index contributed by atoms with van der Waals surface area (Å²) in [7, 11) is 0. The first kappa shape index (κ1) is 10.6. The summed E-state index contributed by atoms with van der Waals surface area (Å²) in [6.45, 7) is 2.24. The molecule has 2 aliphatic rings. The monoisotopic (exact) mass is 213 g/mol. The average Bonchev–Trinajstić information content (AvgIpc) is 2.54. The molecule has 15 heavy (non-hydrogen) atoms. The van der Waals surface area contributed by atoms with Gasteiger partial charge in [0, 0.05) is 11.8 Å². The molecule has 2 amide bonds. The summed E-state index contributed by atoms with van der Waals surface area (Å²) in [5.74, 6) is -0.595. The number of nitrogens with one attached hydrogen (secondary N) is 1. The van der Waals surface area contributed by atoms with Gasteiger partial charge < -0.3 is 9.84 Å². The third-order valence-corrected chi connectivity index (χ3v) is 3.21. The van der Waals surface area contributed by atoms with Gasteiger partial charge in [0.2, 0.25) is 5.91 Å². The summed E-state index contributed by atoms with van der Waals surface area (Å²) in [6.07, 6.45) is 1.22. The molecule has 5 heteroatoms. The maximum absolute atomic E-state index is 11.7. The number of imide groups is 1. The summed E-state index contributed by atoms with van der Waals surface area (Å²) in [4.78, 5) is 22.7. The lowest BCUT2D eigenvalue weighted by atomic mass is 9.79. The first-order chi connectivity index (χ1) is 7.00. The van der Waals surface area contributed by atoms with Crippen LogP contribution in [0.25, 0.3) is 0 Å². The Morgan fingerprint density at radius 3 is 2.80 bits per heavy atom. The molecule has 84 valence electrons. The van der Waals surface area contributed by atoms with Gasteiger partial charge >= 0.3 is 0 Å². The predicted molar refractivity (Wildman–Crippen MR) is 50.9 cm³/mol. The summed E-state index contributed by atoms with van der Waals surface area (Å²) >= 11 is 0. The number of aliphatic hydroxyl groups is 1. The molecule has 2 N–H and O–H groups in total. The van der Waals surface area contributed by atoms with Crippen molar-refractivity contribution < 1.29 is 19.4 Å². The summed E-state index contributed by atoms with van der Waals surface area (Å²) in [6, 6.07) is 0. The lowest BCUT2D eigenvalue weighted by Crippen LogP contribution is -2.53. The maximum Gasteiger partial charge on any atom is 0.258 e. The lowest BCUT2D eigenvalue weighted by molar-refractivity contribution is -0.151. The van der Waals surface area contributed by atoms with Crippen molar-refractivity contribution in [2.45, 2.75) is 31.8 Å². The average molecular weight is 213 g/mol. The summed E-state index contributed by atoms with van der Waals surface area (Å²) in [5, 5.41) is 11.5. The van der Waals surface area contributed by atoms with Crippen LogP contribution in [0.3, 0.4) is 0 Å². The Balaban J connectivity index is 2.16. The van der Waals surface area contributed by atoms with E-state index in [2.05, 4.69) is 5.32 Å². The molecule has 0 aromatic carbocycles. The van der Waals surface area contributed by atoms with Crippen molar-refractivity contribution in [3.05, 3.63) is 0 Å². The van der Waals surface area contributed by atoms with E-state index in [1.165, 1.54) is 0 Å². The van der Waals surface area contributed by atoms with Crippen molar-refractivity contribution in [1.29, 1.82) is 0 Å². The van der Waals surface area contributed by atoms with Crippen molar-refractivity contribution >= 4 is 11.8 Å². The maximum atomic E-state index is 11.7. The van der Waals surface area contributed by atoms with Crippen molar-refractivity contribution in [3.63, 3.8) is 0 Å². The van der Waals surface area contributed by atoms with Gasteiger partial charge in [-0.25, -0.2) is 0 Å². The Morgan fingerprint density at radius 1 is 1.53 bits per heavy atom. The van der Waals surface area contributed by atoms with Crippen LogP contribution in [0.4, 0.5) is 0 Å². The van der Waals surface area contributed by atoms with Crippen molar-refractivity contribution in [2.75, 3.05) is 13.2 Å². The molecule has 0 aromatic rings. The second-order valence-corrected chi connectivity index (χ2v) is 4.81. The van der Waals surface area contributed by atoms with Crippen LogP contribution < -0.4 is 5.32 Å². The first-order valence-corrected chi connectivity index (χ1v) is 5.09. The van der Waals surface area contributed by atoms with E-state index in [1.807, 2.05) is 6.92 Å². The Kier molecular flexibility index (Phi) is 2.31. The standard InChI is InChI=1S/C10H15NO4/c1-9(5-12)4-10(15-6-9)3-2-7(13)11-8(10)14/h12H,2-6H2,1H3,(H,11,13,14). The molecule has 2 unspecified atom stereocenters. The van der Waals surface area contributed by atoms with Crippen LogP contribution in [0, 0.1) is 5.41 Å². The van der Waals surface area contributed by atoms with Gasteiger partial charge in [-0.2, -0.15) is 0 Å². The van der Waals surface area contributed by atoms with E-state index in [0.29, 0.717) is 25.9 Å². The van der Waals surface area contributed by atoms with Crippen LogP contribution in [-0.4, -0.2) is 35.7 Å². The fourth-order valence-corrected chi connectivity index (χ4v) is 2.24. The van der Waals surface area contributed by atoms with Gasteiger partial charge in [-0.15, -0.1) is 0 Å². The van der Waals surface area contributed by atoms with Crippen LogP contribution in [0.2, 0.25) is 0 Å². The van der Waals surface area contributed by atoms with Crippen LogP contribution in [0.15, 0.2) is 0 Å². The molecule has 2 heterocycles. The quantitative estimate of drug-likeness (QED) is 0.580. The minimum absolute atomic E-state index is 0.00399. The summed E-state index contributed by atoms with van der Waals surface area (Å²) < 4.78 is 5.52. The number of ether oxygens (including phenoxy) is 1. The zero-order valence-corrected chi connectivity index (χ0v) is 8.71. The van der Waals surface area contributed by atoms with E-state index in [4.69, 9.17) is 4.74 Å². The fourth-order valence-electron chi connectivity index (χ4n) is 2.24. The number of hydrogen-bond donors (Lipinski definition) is 2. The second kappa shape index (κ2) is 3.28. The topological polar surface area (TPSA) is 75.6 Å². The van der Waals surface area contributed by atoms with Gasteiger partial charge in [0.1, 0.15) is 5.60 Å². The molecule has 2 aliphatic heterocycles. The molecular formula is C10H15NO4. The zero-order valence-electron chi connectivity index (χ0n) is 8.71. The van der Waals surface area contributed by atoms with E-state index in [0.717, 1.165) is 0 Å². The highest BCUT2D eigenvalue weighted by Crippen LogP contribution is 2.42. The van der Waals surface area contributed by atoms with Gasteiger partial charge in [0.05, 0.1) is 13.2 Å². The molecule has 5 nitrogen and oxygen atoms in total. The van der Waals surface area contributed by atoms with E-state index >= 15 is 0 Å². The number of carbonyl (C=O) groups is 2. The third kappa shape index (κ3) is 1.66. The number of carbonyl (C=O) groups excluding carboxylic acids is 2. The van der Waals surface area contributed by atoms with Gasteiger partial charge in [-0.3, -0.25) is 14.9 Å². The van der Waals surface area contributed by atoms with E-state index in [9.17, 15) is 14.7 Å². The Hall–Kier alpha value is -0.940. The van der Waals surface area contributed by atoms with Gasteiger partial charge in [0.25, 0.3) is 5.91 Å². The number of piperidine rings is 1. The van der Waals surface area contributed by atoms with Crippen LogP contribution in [-0.2, 0) is 14.3 Å². The predicted octanol–water partition coefficient (Wildman–Crippen LogP) is -0.419. The highest BCUT2D eigenvalue weighted by Gasteiger charge is 2.53. The first-order valence-electron chi connectivity index (χ1n) is 5.09. The molecular weight excluding hydrogens is 198 g/mol. The molecule has 0 bridgehead atoms. The largest absolute Gasteiger partial charge is 0.396 e. The minimum atomic E-state index is -0.884. The van der Waals surface area contributed by atoms with E-state index < -0.39 is 5.60 Å². The fraction of sp³-hybridized carbons (Fsp3) is 0.800. The number of amides is 2. The van der Waals surface area contributed by atoms with Crippen molar-refractivity contribution in [1.82, 2.24) is 5.32 Å². The zero-order chi connectivity index (χ0) is 11.1. The second-order valence-electron chi connectivity index (χ2n) is 4.81. The van der Waals surface area contributed by atoms with Crippen molar-refractivity contribution in [3.8, 4) is 0 Å². The normalized spacial score (nSPS) is 40.9. The third-order valence-electron chi connectivity index (χ3n) is 3.21. The smallest absolute Gasteiger partial charge is 0.258 e. The molecule has 2 rings (SSSR count). The molecule has 1 spiro atoms. The van der Waals surface area contributed by atoms with E-state index in [-0.39, 0.29) is 23.8 Å². The van der Waals surface area contributed by atoms with Gasteiger partial charge in [0.15, 0.2) is 0 Å². The molecule has 0 saturated carbocycles. The highest BCUT2D eigenvalue weighted by atomic mass is 16.5. The van der Waals surface area contributed by atoms with Crippen molar-refractivity contribution in [2.24, 2.45) is 5.41 Å². The SMILES string of the molecule is CC1(CO)COC2(CCC(=O)NC2=O)C1. The van der Waals surface area contributed by atoms with E-state index in [1.54, 1.807) is 0 Å². The molecule has 2 fully saturated rings. The Bertz CT molecular complexity index is 317. The van der Waals surface area contributed by atoms with Crippen LogP contribution in [0.1, 0.15) is 26.2 Å². The molecule has 2 atom stereocenters. The molecule has 0 aliphatic carbocycles. The molecule has 0 radical (unpaired) electrons. The minimum Gasteiger partial charge on any atom is -0.396 e. The number of rotatable bonds is 1. The Labute approximate surface area is 87.8 Å². The number of aliphatic hydroxyl groups excluding tert-OH is 1. The van der Waals surface area contributed by atoms with Gasteiger partial charge in [-0.05, 0) is 12.8 Å². The summed E-state index contributed by atoms with van der Waals surface area (Å²) in [5.41, 5.74) is -1.25. The molecule has 0 aromatic heterocycles.